The summed E-state index contributed by atoms with van der Waals surface area (Å²) in [5.74, 6) is 0.705. The average Bonchev–Trinajstić information content (AvgIpc) is 3.15. The van der Waals surface area contributed by atoms with Gasteiger partial charge in [0, 0.05) is 43.5 Å². The largest absolute Gasteiger partial charge is 0.379 e. The van der Waals surface area contributed by atoms with Gasteiger partial charge in [-0.15, -0.1) is 12.4 Å². The van der Waals surface area contributed by atoms with Gasteiger partial charge in [0.2, 0.25) is 0 Å². The van der Waals surface area contributed by atoms with Crippen LogP contribution in [0.25, 0.3) is 0 Å². The highest BCUT2D eigenvalue weighted by atomic mass is 35.5. The van der Waals surface area contributed by atoms with Crippen LogP contribution in [-0.2, 0) is 17.8 Å². The zero-order valence-corrected chi connectivity index (χ0v) is 13.6. The van der Waals surface area contributed by atoms with Crippen molar-refractivity contribution >= 4 is 12.4 Å². The molecule has 6 heteroatoms. The Hall–Kier alpha value is -0.620. The number of hydrogen-bond donors (Lipinski definition) is 2. The molecule has 1 aromatic rings. The van der Waals surface area contributed by atoms with Gasteiger partial charge in [0.25, 0.3) is 0 Å². The van der Waals surface area contributed by atoms with E-state index >= 15 is 0 Å². The third kappa shape index (κ3) is 4.19. The molecule has 0 spiro atoms. The van der Waals surface area contributed by atoms with Crippen molar-refractivity contribution in [3.8, 4) is 0 Å². The van der Waals surface area contributed by atoms with Crippen LogP contribution < -0.4 is 10.6 Å². The number of aryl methyl sites for hydroxylation is 1. The van der Waals surface area contributed by atoms with Gasteiger partial charge in [-0.05, 0) is 25.7 Å². The molecule has 0 aromatic carbocycles. The summed E-state index contributed by atoms with van der Waals surface area (Å²) in [5, 5.41) is 11.7. The van der Waals surface area contributed by atoms with E-state index in [0.717, 1.165) is 32.8 Å². The monoisotopic (exact) mass is 314 g/mol. The highest BCUT2D eigenvalue weighted by molar-refractivity contribution is 5.85. The van der Waals surface area contributed by atoms with Crippen LogP contribution in [-0.4, -0.2) is 41.6 Å². The minimum Gasteiger partial charge on any atom is -0.379 e. The summed E-state index contributed by atoms with van der Waals surface area (Å²) >= 11 is 0. The molecular weight excluding hydrogens is 288 g/mol. The molecule has 5 nitrogen and oxygen atoms in total. The molecule has 0 amide bonds. The van der Waals surface area contributed by atoms with Crippen molar-refractivity contribution < 1.29 is 4.74 Å². The van der Waals surface area contributed by atoms with E-state index < -0.39 is 0 Å². The van der Waals surface area contributed by atoms with Crippen LogP contribution >= 0.6 is 12.4 Å². The minimum atomic E-state index is 0. The molecular formula is C15H27ClN4O. The molecule has 1 aromatic heterocycles. The molecule has 2 fully saturated rings. The fraction of sp³-hybridized carbons (Fsp3) is 0.800. The van der Waals surface area contributed by atoms with E-state index in [1.807, 2.05) is 10.9 Å². The second-order valence-corrected chi connectivity index (χ2v) is 5.92. The first-order chi connectivity index (χ1) is 9.86. The number of aromatic nitrogens is 2. The van der Waals surface area contributed by atoms with Gasteiger partial charge in [-0.1, -0.05) is 6.42 Å². The van der Waals surface area contributed by atoms with Gasteiger partial charge in [-0.3, -0.25) is 4.68 Å². The standard InChI is InChI=1S/C15H26N4O.ClH/c1-2-19-10-12(9-18-19)8-17-14-5-3-4-13(14)15-11-20-7-6-16-15;/h9-10,13-17H,2-8,11H2,1H3;1H. The van der Waals surface area contributed by atoms with Crippen molar-refractivity contribution in [1.82, 2.24) is 20.4 Å². The summed E-state index contributed by atoms with van der Waals surface area (Å²) in [6.45, 7) is 6.71. The SMILES string of the molecule is CCn1cc(CNC2CCCC2C2COCCN2)cn1.Cl. The molecule has 1 aliphatic carbocycles. The van der Waals surface area contributed by atoms with Gasteiger partial charge in [-0.25, -0.2) is 0 Å². The maximum atomic E-state index is 5.62. The number of nitrogens with zero attached hydrogens (tertiary/aromatic N) is 2. The molecule has 3 rings (SSSR count). The molecule has 2 N–H and O–H groups in total. The number of morpholine rings is 1. The van der Waals surface area contributed by atoms with Gasteiger partial charge < -0.3 is 15.4 Å². The van der Waals surface area contributed by atoms with E-state index in [9.17, 15) is 0 Å². The lowest BCUT2D eigenvalue weighted by molar-refractivity contribution is 0.0524. The molecule has 2 heterocycles. The van der Waals surface area contributed by atoms with Crippen LogP contribution in [0.2, 0.25) is 0 Å². The van der Waals surface area contributed by atoms with E-state index in [4.69, 9.17) is 4.74 Å². The number of hydrogen-bond acceptors (Lipinski definition) is 4. The molecule has 1 aliphatic heterocycles. The smallest absolute Gasteiger partial charge is 0.0623 e. The van der Waals surface area contributed by atoms with Crippen LogP contribution in [0.15, 0.2) is 12.4 Å². The maximum absolute atomic E-state index is 5.62. The Bertz CT molecular complexity index is 420. The number of halogens is 1. The third-order valence-corrected chi connectivity index (χ3v) is 4.62. The normalized spacial score (nSPS) is 29.3. The third-order valence-electron chi connectivity index (χ3n) is 4.62. The van der Waals surface area contributed by atoms with E-state index in [-0.39, 0.29) is 12.4 Å². The highest BCUT2D eigenvalue weighted by Crippen LogP contribution is 2.29. The summed E-state index contributed by atoms with van der Waals surface area (Å²) in [6, 6.07) is 1.14. The van der Waals surface area contributed by atoms with Crippen LogP contribution in [0.4, 0.5) is 0 Å². The summed E-state index contributed by atoms with van der Waals surface area (Å²) in [6.07, 6.45) is 8.04. The Morgan fingerprint density at radius 1 is 1.48 bits per heavy atom. The highest BCUT2D eigenvalue weighted by Gasteiger charge is 2.34. The zero-order chi connectivity index (χ0) is 13.8. The molecule has 3 atom stereocenters. The topological polar surface area (TPSA) is 51.1 Å². The quantitative estimate of drug-likeness (QED) is 0.866. The van der Waals surface area contributed by atoms with Crippen molar-refractivity contribution in [2.45, 2.75) is 51.4 Å². The Kier molecular flexibility index (Phi) is 6.48. The molecule has 120 valence electrons. The van der Waals surface area contributed by atoms with Gasteiger partial charge in [0.15, 0.2) is 0 Å². The average molecular weight is 315 g/mol. The van der Waals surface area contributed by atoms with Crippen molar-refractivity contribution in [2.24, 2.45) is 5.92 Å². The molecule has 21 heavy (non-hydrogen) atoms. The fourth-order valence-corrected chi connectivity index (χ4v) is 3.50. The van der Waals surface area contributed by atoms with Gasteiger partial charge in [-0.2, -0.15) is 5.10 Å². The van der Waals surface area contributed by atoms with E-state index in [1.54, 1.807) is 0 Å². The summed E-state index contributed by atoms with van der Waals surface area (Å²) in [5.41, 5.74) is 1.28. The first kappa shape index (κ1) is 16.7. The lowest BCUT2D eigenvalue weighted by atomic mass is 9.94. The van der Waals surface area contributed by atoms with Gasteiger partial charge >= 0.3 is 0 Å². The van der Waals surface area contributed by atoms with Crippen LogP contribution in [0, 0.1) is 5.92 Å². The van der Waals surface area contributed by atoms with Crippen LogP contribution in [0.1, 0.15) is 31.7 Å². The molecule has 0 radical (unpaired) electrons. The fourth-order valence-electron chi connectivity index (χ4n) is 3.50. The number of nitrogens with one attached hydrogen (secondary N) is 2. The molecule has 3 unspecified atom stereocenters. The van der Waals surface area contributed by atoms with Gasteiger partial charge in [0.05, 0.1) is 19.4 Å². The zero-order valence-electron chi connectivity index (χ0n) is 12.8. The van der Waals surface area contributed by atoms with E-state index in [0.29, 0.717) is 18.0 Å². The Morgan fingerprint density at radius 3 is 3.10 bits per heavy atom. The van der Waals surface area contributed by atoms with E-state index in [2.05, 4.69) is 28.9 Å². The Morgan fingerprint density at radius 2 is 2.38 bits per heavy atom. The Labute approximate surface area is 133 Å². The first-order valence-corrected chi connectivity index (χ1v) is 7.92. The second-order valence-electron chi connectivity index (χ2n) is 5.92. The molecule has 1 saturated carbocycles. The lowest BCUT2D eigenvalue weighted by Gasteiger charge is -2.33. The summed E-state index contributed by atoms with van der Waals surface area (Å²) in [4.78, 5) is 0. The minimum absolute atomic E-state index is 0. The second kappa shape index (κ2) is 8.13. The summed E-state index contributed by atoms with van der Waals surface area (Å²) < 4.78 is 7.61. The van der Waals surface area contributed by atoms with E-state index in [1.165, 1.54) is 24.8 Å². The predicted molar refractivity (Wildman–Crippen MR) is 85.7 cm³/mol. The van der Waals surface area contributed by atoms with Crippen molar-refractivity contribution in [2.75, 3.05) is 19.8 Å². The number of rotatable bonds is 5. The van der Waals surface area contributed by atoms with Crippen molar-refractivity contribution in [3.63, 3.8) is 0 Å². The van der Waals surface area contributed by atoms with Crippen LogP contribution in [0.3, 0.4) is 0 Å². The van der Waals surface area contributed by atoms with Crippen molar-refractivity contribution in [1.29, 1.82) is 0 Å². The summed E-state index contributed by atoms with van der Waals surface area (Å²) in [7, 11) is 0. The van der Waals surface area contributed by atoms with Crippen LogP contribution in [0.5, 0.6) is 0 Å². The van der Waals surface area contributed by atoms with Gasteiger partial charge in [0.1, 0.15) is 0 Å². The first-order valence-electron chi connectivity index (χ1n) is 7.92. The Balaban J connectivity index is 0.00000161. The number of ether oxygens (including phenoxy) is 1. The lowest BCUT2D eigenvalue weighted by Crippen LogP contribution is -2.50. The molecule has 0 bridgehead atoms. The molecule has 2 aliphatic rings. The van der Waals surface area contributed by atoms with Crippen molar-refractivity contribution in [3.05, 3.63) is 18.0 Å². The predicted octanol–water partition coefficient (Wildman–Crippen LogP) is 1.57. The molecule has 1 saturated heterocycles. The maximum Gasteiger partial charge on any atom is 0.0623 e.